The van der Waals surface area contributed by atoms with Crippen LogP contribution < -0.4 is 5.46 Å². The van der Waals surface area contributed by atoms with Crippen molar-refractivity contribution in [3.05, 3.63) is 29.3 Å². The van der Waals surface area contributed by atoms with Gasteiger partial charge in [-0.15, -0.1) is 0 Å². The quantitative estimate of drug-likeness (QED) is 0.766. The maximum atomic E-state index is 13.2. The molecule has 0 saturated carbocycles. The summed E-state index contributed by atoms with van der Waals surface area (Å²) in [5.74, 6) is 0. The highest BCUT2D eigenvalue weighted by molar-refractivity contribution is 6.62. The van der Waals surface area contributed by atoms with Gasteiger partial charge in [-0.05, 0) is 45.6 Å². The highest BCUT2D eigenvalue weighted by atomic mass is 19.3. The van der Waals surface area contributed by atoms with Crippen molar-refractivity contribution < 1.29 is 18.1 Å². The van der Waals surface area contributed by atoms with Gasteiger partial charge < -0.3 is 9.31 Å². The van der Waals surface area contributed by atoms with E-state index in [2.05, 4.69) is 0 Å². The molecule has 0 unspecified atom stereocenters. The first kappa shape index (κ1) is 14.5. The number of hydrogen-bond acceptors (Lipinski definition) is 2. The summed E-state index contributed by atoms with van der Waals surface area (Å²) < 4.78 is 38.1. The second-order valence-electron chi connectivity index (χ2n) is 5.97. The number of hydrogen-bond donors (Lipinski definition) is 0. The minimum Gasteiger partial charge on any atom is -0.399 e. The van der Waals surface area contributed by atoms with Gasteiger partial charge in [0, 0.05) is 5.56 Å². The van der Waals surface area contributed by atoms with Crippen LogP contribution in [0.4, 0.5) is 8.78 Å². The van der Waals surface area contributed by atoms with Crippen LogP contribution >= 0.6 is 0 Å². The molecule has 1 aliphatic heterocycles. The summed E-state index contributed by atoms with van der Waals surface area (Å²) in [6, 6.07) is 5.08. The number of benzene rings is 1. The molecule has 1 saturated heterocycles. The van der Waals surface area contributed by atoms with Crippen LogP contribution in [0.5, 0.6) is 0 Å². The van der Waals surface area contributed by atoms with Crippen LogP contribution in [0.3, 0.4) is 0 Å². The van der Waals surface area contributed by atoms with Crippen molar-refractivity contribution in [2.24, 2.45) is 0 Å². The van der Waals surface area contributed by atoms with E-state index < -0.39 is 24.7 Å². The lowest BCUT2D eigenvalue weighted by Gasteiger charge is -2.32. The van der Waals surface area contributed by atoms with Crippen molar-refractivity contribution in [2.75, 3.05) is 0 Å². The Morgan fingerprint density at radius 1 is 1.05 bits per heavy atom. The molecule has 1 aromatic carbocycles. The molecule has 1 fully saturated rings. The lowest BCUT2D eigenvalue weighted by atomic mass is 9.75. The molecule has 0 atom stereocenters. The maximum Gasteiger partial charge on any atom is 0.495 e. The molecule has 1 heterocycles. The first-order valence-corrected chi connectivity index (χ1v) is 6.39. The van der Waals surface area contributed by atoms with E-state index in [1.807, 2.05) is 27.7 Å². The molecule has 0 aromatic heterocycles. The molecule has 1 aliphatic rings. The van der Waals surface area contributed by atoms with Crippen LogP contribution in [0, 0.1) is 6.92 Å². The summed E-state index contributed by atoms with van der Waals surface area (Å²) in [5.41, 5.74) is -0.0569. The van der Waals surface area contributed by atoms with E-state index in [9.17, 15) is 8.78 Å². The first-order chi connectivity index (χ1) is 8.66. The van der Waals surface area contributed by atoms with Crippen molar-refractivity contribution in [3.63, 3.8) is 0 Å². The third-order valence-electron chi connectivity index (χ3n) is 4.08. The van der Waals surface area contributed by atoms with Crippen molar-refractivity contribution in [1.29, 1.82) is 0 Å². The minimum absolute atomic E-state index is 0.0148. The van der Waals surface area contributed by atoms with Gasteiger partial charge in [-0.25, -0.2) is 8.78 Å². The molecule has 0 aliphatic carbocycles. The number of rotatable bonds is 2. The van der Waals surface area contributed by atoms with Crippen molar-refractivity contribution >= 4 is 12.6 Å². The third kappa shape index (κ3) is 2.41. The fraction of sp³-hybridized carbons (Fsp3) is 0.571. The van der Waals surface area contributed by atoms with Crippen molar-refractivity contribution in [2.45, 2.75) is 52.2 Å². The zero-order valence-corrected chi connectivity index (χ0v) is 12.0. The van der Waals surface area contributed by atoms with E-state index in [1.54, 1.807) is 25.1 Å². The molecule has 0 amide bonds. The molecule has 0 spiro atoms. The molecule has 0 N–H and O–H groups in total. The van der Waals surface area contributed by atoms with Crippen LogP contribution in [0.25, 0.3) is 0 Å². The Morgan fingerprint density at radius 2 is 1.58 bits per heavy atom. The topological polar surface area (TPSA) is 18.5 Å². The van der Waals surface area contributed by atoms with Crippen LogP contribution in [-0.2, 0) is 9.31 Å². The van der Waals surface area contributed by atoms with E-state index in [-0.39, 0.29) is 5.56 Å². The molecule has 1 aromatic rings. The van der Waals surface area contributed by atoms with Crippen LogP contribution in [-0.4, -0.2) is 18.3 Å². The average Bonchev–Trinajstić information content (AvgIpc) is 2.47. The maximum absolute atomic E-state index is 13.2. The van der Waals surface area contributed by atoms with Gasteiger partial charge in [-0.1, -0.05) is 18.2 Å². The fourth-order valence-corrected chi connectivity index (χ4v) is 2.18. The third-order valence-corrected chi connectivity index (χ3v) is 4.08. The Hall–Kier alpha value is -0.935. The summed E-state index contributed by atoms with van der Waals surface area (Å²) in [6.07, 6.45) is -2.53. The largest absolute Gasteiger partial charge is 0.495 e. The Bertz CT molecular complexity index is 470. The van der Waals surface area contributed by atoms with E-state index in [1.165, 1.54) is 0 Å². The van der Waals surface area contributed by atoms with Gasteiger partial charge in [0.1, 0.15) is 0 Å². The van der Waals surface area contributed by atoms with Gasteiger partial charge in [-0.3, -0.25) is 0 Å². The van der Waals surface area contributed by atoms with Crippen molar-refractivity contribution in [1.82, 2.24) is 0 Å². The molecular weight excluding hydrogens is 249 g/mol. The molecular formula is C14H19BF2O2. The molecule has 0 bridgehead atoms. The van der Waals surface area contributed by atoms with E-state index >= 15 is 0 Å². The monoisotopic (exact) mass is 268 g/mol. The normalized spacial score (nSPS) is 21.2. The molecule has 19 heavy (non-hydrogen) atoms. The van der Waals surface area contributed by atoms with Gasteiger partial charge in [-0.2, -0.15) is 0 Å². The van der Waals surface area contributed by atoms with Gasteiger partial charge in [0.25, 0.3) is 6.43 Å². The van der Waals surface area contributed by atoms with E-state index in [4.69, 9.17) is 9.31 Å². The molecule has 0 radical (unpaired) electrons. The fourth-order valence-electron chi connectivity index (χ4n) is 2.18. The molecule has 104 valence electrons. The Kier molecular flexibility index (Phi) is 3.48. The number of aryl methyl sites for hydroxylation is 1. The Balaban J connectivity index is 2.43. The first-order valence-electron chi connectivity index (χ1n) is 6.39. The summed E-state index contributed by atoms with van der Waals surface area (Å²) >= 11 is 0. The van der Waals surface area contributed by atoms with E-state index in [0.717, 1.165) is 0 Å². The lowest BCUT2D eigenvalue weighted by molar-refractivity contribution is 0.00578. The van der Waals surface area contributed by atoms with Gasteiger partial charge >= 0.3 is 7.12 Å². The smallest absolute Gasteiger partial charge is 0.399 e. The molecule has 2 nitrogen and oxygen atoms in total. The van der Waals surface area contributed by atoms with Gasteiger partial charge in [0.15, 0.2) is 0 Å². The SMILES string of the molecule is Cc1cccc(B2OC(C)(C)C(C)(C)O2)c1C(F)F. The Labute approximate surface area is 113 Å². The van der Waals surface area contributed by atoms with Crippen LogP contribution in [0.2, 0.25) is 0 Å². The second-order valence-corrected chi connectivity index (χ2v) is 5.97. The Morgan fingerprint density at radius 3 is 2.05 bits per heavy atom. The standard InChI is InChI=1S/C14H19BF2O2/c1-9-7-6-8-10(11(9)12(16)17)15-18-13(2,3)14(4,5)19-15/h6-8,12H,1-5H3. The molecule has 5 heteroatoms. The summed E-state index contributed by atoms with van der Waals surface area (Å²) in [6.45, 7) is 9.31. The lowest BCUT2D eigenvalue weighted by Crippen LogP contribution is -2.41. The highest BCUT2D eigenvalue weighted by Crippen LogP contribution is 2.37. The van der Waals surface area contributed by atoms with Crippen molar-refractivity contribution in [3.8, 4) is 0 Å². The predicted octanol–water partition coefficient (Wildman–Crippen LogP) is 3.23. The van der Waals surface area contributed by atoms with Crippen LogP contribution in [0.15, 0.2) is 18.2 Å². The van der Waals surface area contributed by atoms with Gasteiger partial charge in [0.2, 0.25) is 0 Å². The number of alkyl halides is 2. The zero-order chi connectivity index (χ0) is 14.4. The van der Waals surface area contributed by atoms with Crippen LogP contribution in [0.1, 0.15) is 45.2 Å². The minimum atomic E-state index is -2.53. The number of halogens is 2. The summed E-state index contributed by atoms with van der Waals surface area (Å²) in [7, 11) is -0.742. The summed E-state index contributed by atoms with van der Waals surface area (Å²) in [5, 5.41) is 0. The predicted molar refractivity (Wildman–Crippen MR) is 71.9 cm³/mol. The zero-order valence-electron chi connectivity index (χ0n) is 12.0. The highest BCUT2D eigenvalue weighted by Gasteiger charge is 2.52. The summed E-state index contributed by atoms with van der Waals surface area (Å²) in [4.78, 5) is 0. The van der Waals surface area contributed by atoms with Gasteiger partial charge in [0.05, 0.1) is 11.2 Å². The average molecular weight is 268 g/mol. The second kappa shape index (κ2) is 4.56. The van der Waals surface area contributed by atoms with E-state index in [0.29, 0.717) is 11.0 Å². The molecule has 2 rings (SSSR count).